The quantitative estimate of drug-likeness (QED) is 0.611. The Bertz CT molecular complexity index is 355. The molecule has 0 aliphatic carbocycles. The van der Waals surface area contributed by atoms with E-state index in [1.807, 2.05) is 30.3 Å². The molecule has 0 aromatic heterocycles. The number of rotatable bonds is 11. The molecule has 0 spiro atoms. The van der Waals surface area contributed by atoms with Crippen LogP contribution in [-0.2, 0) is 4.79 Å². The smallest absolute Gasteiger partial charge is 0.219 e. The normalized spacial score (nSPS) is 10.2. The molecule has 0 radical (unpaired) electrons. The van der Waals surface area contributed by atoms with Gasteiger partial charge in [0.05, 0.1) is 6.61 Å². The molecule has 0 unspecified atom stereocenters. The monoisotopic (exact) mass is 278 g/mol. The minimum Gasteiger partial charge on any atom is -0.494 e. The first-order chi connectivity index (χ1) is 9.83. The Hall–Kier alpha value is -1.55. The predicted molar refractivity (Wildman–Crippen MR) is 81.7 cm³/mol. The van der Waals surface area contributed by atoms with E-state index < -0.39 is 0 Å². The first-order valence-corrected chi connectivity index (χ1v) is 7.47. The number of nitrogens with one attached hydrogen (secondary N) is 1. The summed E-state index contributed by atoms with van der Waals surface area (Å²) in [5, 5.41) is 2.92. The number of para-hydroxylation sites is 1. The van der Waals surface area contributed by atoms with Gasteiger partial charge in [0, 0.05) is 13.0 Å². The highest BCUT2D eigenvalue weighted by Crippen LogP contribution is 2.08. The van der Waals surface area contributed by atoms with Gasteiger partial charge in [-0.15, -0.1) is 0 Å². The van der Waals surface area contributed by atoms with Crippen LogP contribution in [0.2, 0.25) is 0 Å². The number of unbranched alkanes of at least 4 members (excludes halogenated alkanes) is 3. The molecule has 1 aromatic rings. The van der Waals surface area contributed by atoms with Crippen LogP contribution in [0.5, 0.6) is 5.75 Å². The Morgan fingerprint density at radius 3 is 2.55 bits per heavy atom. The zero-order valence-corrected chi connectivity index (χ0v) is 12.1. The van der Waals surface area contributed by atoms with Crippen molar-refractivity contribution in [3.63, 3.8) is 0 Å². The highest BCUT2D eigenvalue weighted by Gasteiger charge is 2.00. The molecule has 4 nitrogen and oxygen atoms in total. The van der Waals surface area contributed by atoms with Crippen molar-refractivity contribution >= 4 is 5.91 Å². The largest absolute Gasteiger partial charge is 0.494 e. The lowest BCUT2D eigenvalue weighted by Gasteiger charge is -2.07. The maximum Gasteiger partial charge on any atom is 0.219 e. The number of carbonyl (C=O) groups excluding carboxylic acids is 1. The van der Waals surface area contributed by atoms with Crippen LogP contribution in [-0.4, -0.2) is 25.6 Å². The average Bonchev–Trinajstić information content (AvgIpc) is 2.48. The maximum absolute atomic E-state index is 11.5. The van der Waals surface area contributed by atoms with Gasteiger partial charge in [0.1, 0.15) is 5.75 Å². The number of benzene rings is 1. The van der Waals surface area contributed by atoms with Gasteiger partial charge >= 0.3 is 0 Å². The molecular formula is C16H26N2O2. The fourth-order valence-corrected chi connectivity index (χ4v) is 1.88. The zero-order valence-electron chi connectivity index (χ0n) is 12.1. The number of carbonyl (C=O) groups is 1. The summed E-state index contributed by atoms with van der Waals surface area (Å²) in [4.78, 5) is 11.5. The second-order valence-electron chi connectivity index (χ2n) is 4.82. The maximum atomic E-state index is 11.5. The summed E-state index contributed by atoms with van der Waals surface area (Å²) in [7, 11) is 0. The van der Waals surface area contributed by atoms with Crippen molar-refractivity contribution in [1.82, 2.24) is 5.32 Å². The first kappa shape index (κ1) is 16.5. The highest BCUT2D eigenvalue weighted by atomic mass is 16.5. The molecule has 0 saturated heterocycles. The van der Waals surface area contributed by atoms with E-state index in [4.69, 9.17) is 10.5 Å². The van der Waals surface area contributed by atoms with Crippen molar-refractivity contribution < 1.29 is 9.53 Å². The molecule has 0 fully saturated rings. The third-order valence-electron chi connectivity index (χ3n) is 3.01. The Morgan fingerprint density at radius 2 is 1.80 bits per heavy atom. The van der Waals surface area contributed by atoms with E-state index in [1.54, 1.807) is 0 Å². The Morgan fingerprint density at radius 1 is 1.05 bits per heavy atom. The molecule has 1 aromatic carbocycles. The van der Waals surface area contributed by atoms with Crippen LogP contribution in [0.1, 0.15) is 38.5 Å². The van der Waals surface area contributed by atoms with Crippen molar-refractivity contribution in [3.8, 4) is 5.75 Å². The van der Waals surface area contributed by atoms with Gasteiger partial charge in [-0.3, -0.25) is 4.79 Å². The van der Waals surface area contributed by atoms with Crippen LogP contribution >= 0.6 is 0 Å². The third kappa shape index (κ3) is 8.53. The first-order valence-electron chi connectivity index (χ1n) is 7.47. The van der Waals surface area contributed by atoms with Crippen molar-refractivity contribution in [2.75, 3.05) is 19.7 Å². The van der Waals surface area contributed by atoms with Crippen molar-refractivity contribution in [2.45, 2.75) is 38.5 Å². The zero-order chi connectivity index (χ0) is 14.5. The minimum atomic E-state index is 0.137. The Balaban J connectivity index is 1.91. The molecule has 1 rings (SSSR count). The highest BCUT2D eigenvalue weighted by molar-refractivity contribution is 5.75. The molecule has 0 atom stereocenters. The molecule has 1 amide bonds. The van der Waals surface area contributed by atoms with Gasteiger partial charge < -0.3 is 15.8 Å². The number of hydrogen-bond acceptors (Lipinski definition) is 3. The number of nitrogens with two attached hydrogens (primary N) is 1. The van der Waals surface area contributed by atoms with E-state index in [0.717, 1.165) is 44.4 Å². The summed E-state index contributed by atoms with van der Waals surface area (Å²) >= 11 is 0. The predicted octanol–water partition coefficient (Wildman–Crippen LogP) is 2.48. The second kappa shape index (κ2) is 11.3. The molecule has 3 N–H and O–H groups in total. The van der Waals surface area contributed by atoms with Gasteiger partial charge in [-0.2, -0.15) is 0 Å². The van der Waals surface area contributed by atoms with Crippen LogP contribution in [0.25, 0.3) is 0 Å². The minimum absolute atomic E-state index is 0.137. The van der Waals surface area contributed by atoms with Gasteiger partial charge in [0.2, 0.25) is 5.91 Å². The van der Waals surface area contributed by atoms with Crippen molar-refractivity contribution in [3.05, 3.63) is 30.3 Å². The molecule has 0 bridgehead atoms. The molecule has 0 saturated carbocycles. The van der Waals surface area contributed by atoms with Crippen molar-refractivity contribution in [2.24, 2.45) is 5.73 Å². The van der Waals surface area contributed by atoms with Crippen LogP contribution in [0.15, 0.2) is 30.3 Å². The second-order valence-corrected chi connectivity index (χ2v) is 4.82. The summed E-state index contributed by atoms with van der Waals surface area (Å²) in [5.74, 6) is 1.01. The Labute approximate surface area is 121 Å². The number of amides is 1. The topological polar surface area (TPSA) is 64.4 Å². The van der Waals surface area contributed by atoms with Crippen LogP contribution in [0, 0.1) is 0 Å². The van der Waals surface area contributed by atoms with E-state index in [2.05, 4.69) is 5.32 Å². The van der Waals surface area contributed by atoms with Gasteiger partial charge in [0.25, 0.3) is 0 Å². The molecule has 112 valence electrons. The van der Waals surface area contributed by atoms with Gasteiger partial charge in [0.15, 0.2) is 0 Å². The van der Waals surface area contributed by atoms with Crippen LogP contribution in [0.3, 0.4) is 0 Å². The van der Waals surface area contributed by atoms with E-state index >= 15 is 0 Å². The molecular weight excluding hydrogens is 252 g/mol. The van der Waals surface area contributed by atoms with Crippen LogP contribution < -0.4 is 15.8 Å². The van der Waals surface area contributed by atoms with Gasteiger partial charge in [-0.1, -0.05) is 31.0 Å². The fraction of sp³-hybridized carbons (Fsp3) is 0.562. The van der Waals surface area contributed by atoms with E-state index in [-0.39, 0.29) is 5.91 Å². The van der Waals surface area contributed by atoms with E-state index in [1.165, 1.54) is 0 Å². The average molecular weight is 278 g/mol. The lowest BCUT2D eigenvalue weighted by molar-refractivity contribution is -0.121. The number of ether oxygens (including phenoxy) is 1. The lowest BCUT2D eigenvalue weighted by Crippen LogP contribution is -2.25. The third-order valence-corrected chi connectivity index (χ3v) is 3.01. The number of hydrogen-bond donors (Lipinski definition) is 2. The Kier molecular flexibility index (Phi) is 9.32. The summed E-state index contributed by atoms with van der Waals surface area (Å²) in [6.07, 6.45) is 5.65. The summed E-state index contributed by atoms with van der Waals surface area (Å²) in [5.41, 5.74) is 5.42. The summed E-state index contributed by atoms with van der Waals surface area (Å²) in [6, 6.07) is 9.71. The SMILES string of the molecule is NCCCCCCC(=O)NCCCOc1ccccc1. The summed E-state index contributed by atoms with van der Waals surface area (Å²) in [6.45, 7) is 2.04. The van der Waals surface area contributed by atoms with Gasteiger partial charge in [-0.05, 0) is 37.9 Å². The molecule has 4 heteroatoms. The van der Waals surface area contributed by atoms with Crippen LogP contribution in [0.4, 0.5) is 0 Å². The van der Waals surface area contributed by atoms with Gasteiger partial charge in [-0.25, -0.2) is 0 Å². The molecule has 0 aliphatic rings. The summed E-state index contributed by atoms with van der Waals surface area (Å²) < 4.78 is 5.55. The molecule has 0 aliphatic heterocycles. The van der Waals surface area contributed by atoms with Crippen molar-refractivity contribution in [1.29, 1.82) is 0 Å². The molecule has 0 heterocycles. The van der Waals surface area contributed by atoms with E-state index in [9.17, 15) is 4.79 Å². The van der Waals surface area contributed by atoms with E-state index in [0.29, 0.717) is 19.6 Å². The lowest BCUT2D eigenvalue weighted by atomic mass is 10.1. The fourth-order valence-electron chi connectivity index (χ4n) is 1.88. The molecule has 20 heavy (non-hydrogen) atoms. The standard InChI is InChI=1S/C16H26N2O2/c17-12-7-2-1-6-11-16(19)18-13-8-14-20-15-9-4-3-5-10-15/h3-5,9-10H,1-2,6-8,11-14,17H2,(H,18,19).